The van der Waals surface area contributed by atoms with Crippen molar-refractivity contribution in [2.75, 3.05) is 7.05 Å². The largest absolute Gasteiger partial charge is 0.338 e. The fraction of sp³-hybridized carbons (Fsp3) is 0.278. The van der Waals surface area contributed by atoms with Gasteiger partial charge in [0.1, 0.15) is 0 Å². The van der Waals surface area contributed by atoms with Gasteiger partial charge in [0.25, 0.3) is 5.56 Å². The number of nitrogens with one attached hydrogen (secondary N) is 1. The van der Waals surface area contributed by atoms with Gasteiger partial charge in [0.15, 0.2) is 0 Å². The molecule has 0 saturated carbocycles. The van der Waals surface area contributed by atoms with Crippen LogP contribution in [-0.2, 0) is 11.3 Å². The Morgan fingerprint density at radius 3 is 2.72 bits per heavy atom. The number of para-hydroxylation sites is 1. The third kappa shape index (κ3) is 3.41. The van der Waals surface area contributed by atoms with Gasteiger partial charge in [-0.3, -0.25) is 19.1 Å². The third-order valence-corrected chi connectivity index (χ3v) is 5.43. The van der Waals surface area contributed by atoms with Crippen LogP contribution in [0.15, 0.2) is 51.4 Å². The first-order valence-corrected chi connectivity index (χ1v) is 8.88. The fourth-order valence-corrected chi connectivity index (χ4v) is 3.61. The van der Waals surface area contributed by atoms with Crippen LogP contribution in [0.3, 0.4) is 0 Å². The molecule has 0 spiro atoms. The Bertz CT molecular complexity index is 1000. The lowest BCUT2D eigenvalue weighted by atomic mass is 10.2. The highest BCUT2D eigenvalue weighted by molar-refractivity contribution is 7.10. The van der Waals surface area contributed by atoms with E-state index in [0.29, 0.717) is 10.9 Å². The van der Waals surface area contributed by atoms with Crippen molar-refractivity contribution in [1.82, 2.24) is 14.5 Å². The maximum atomic E-state index is 12.5. The summed E-state index contributed by atoms with van der Waals surface area (Å²) in [4.78, 5) is 41.6. The van der Waals surface area contributed by atoms with E-state index in [1.807, 2.05) is 24.4 Å². The number of aromatic nitrogens is 2. The Labute approximate surface area is 148 Å². The molecule has 0 radical (unpaired) electrons. The maximum Gasteiger partial charge on any atom is 0.328 e. The normalized spacial score (nSPS) is 12.2. The Hall–Kier alpha value is -2.67. The number of fused-ring (bicyclic) bond motifs is 1. The lowest BCUT2D eigenvalue weighted by Gasteiger charge is -2.24. The van der Waals surface area contributed by atoms with Crippen molar-refractivity contribution in [3.8, 4) is 0 Å². The average Bonchev–Trinajstić information content (AvgIpc) is 3.14. The number of nitrogens with zero attached hydrogens (tertiary/aromatic N) is 2. The van der Waals surface area contributed by atoms with E-state index in [-0.39, 0.29) is 24.9 Å². The molecular weight excluding hydrogens is 338 g/mol. The van der Waals surface area contributed by atoms with Gasteiger partial charge < -0.3 is 4.90 Å². The first kappa shape index (κ1) is 17.2. The molecule has 1 atom stereocenters. The number of aromatic amines is 1. The van der Waals surface area contributed by atoms with E-state index < -0.39 is 11.2 Å². The van der Waals surface area contributed by atoms with Crippen molar-refractivity contribution in [3.63, 3.8) is 0 Å². The predicted molar refractivity (Wildman–Crippen MR) is 98.9 cm³/mol. The Morgan fingerprint density at radius 2 is 2.00 bits per heavy atom. The summed E-state index contributed by atoms with van der Waals surface area (Å²) in [5.74, 6) is -0.0527. The second kappa shape index (κ2) is 7.06. The van der Waals surface area contributed by atoms with Crippen molar-refractivity contribution >= 4 is 28.1 Å². The molecule has 3 rings (SSSR count). The lowest BCUT2D eigenvalue weighted by Crippen LogP contribution is -2.34. The molecule has 6 nitrogen and oxygen atoms in total. The number of hydrogen-bond donors (Lipinski definition) is 1. The molecule has 1 aromatic carbocycles. The number of thiophene rings is 1. The summed E-state index contributed by atoms with van der Waals surface area (Å²) < 4.78 is 1.44. The van der Waals surface area contributed by atoms with Gasteiger partial charge in [-0.1, -0.05) is 18.2 Å². The zero-order valence-corrected chi connectivity index (χ0v) is 14.9. The molecule has 0 aliphatic heterocycles. The van der Waals surface area contributed by atoms with Crippen LogP contribution >= 0.6 is 11.3 Å². The first-order valence-electron chi connectivity index (χ1n) is 8.00. The Kier molecular flexibility index (Phi) is 4.85. The minimum atomic E-state index is -0.495. The summed E-state index contributed by atoms with van der Waals surface area (Å²) in [7, 11) is 1.76. The molecule has 1 N–H and O–H groups in total. The fourth-order valence-electron chi connectivity index (χ4n) is 2.78. The minimum Gasteiger partial charge on any atom is -0.338 e. The van der Waals surface area contributed by atoms with Crippen LogP contribution in [0.5, 0.6) is 0 Å². The predicted octanol–water partition coefficient (Wildman–Crippen LogP) is 2.36. The number of carbonyl (C=O) groups is 1. The molecule has 0 fully saturated rings. The van der Waals surface area contributed by atoms with Gasteiger partial charge in [-0.05, 0) is 30.5 Å². The summed E-state index contributed by atoms with van der Waals surface area (Å²) in [6.45, 7) is 2.20. The molecule has 0 aliphatic rings. The summed E-state index contributed by atoms with van der Waals surface area (Å²) in [5, 5.41) is 2.42. The topological polar surface area (TPSA) is 75.2 Å². The molecule has 7 heteroatoms. The van der Waals surface area contributed by atoms with E-state index in [1.54, 1.807) is 47.5 Å². The van der Waals surface area contributed by atoms with Crippen LogP contribution in [0, 0.1) is 0 Å². The molecule has 2 heterocycles. The molecule has 130 valence electrons. The number of amides is 1. The molecule has 0 aliphatic carbocycles. The monoisotopic (exact) mass is 357 g/mol. The zero-order valence-electron chi connectivity index (χ0n) is 14.1. The molecule has 3 aromatic rings. The van der Waals surface area contributed by atoms with Crippen LogP contribution < -0.4 is 11.2 Å². The molecule has 1 amide bonds. The SMILES string of the molecule is C[C@@H](c1cccs1)N(C)C(=O)CCn1c(=O)[nH]c(=O)c2ccccc21. The van der Waals surface area contributed by atoms with Crippen LogP contribution in [-0.4, -0.2) is 27.4 Å². The number of hydrogen-bond acceptors (Lipinski definition) is 4. The van der Waals surface area contributed by atoms with Crippen molar-refractivity contribution < 1.29 is 4.79 Å². The van der Waals surface area contributed by atoms with Gasteiger partial charge in [0.2, 0.25) is 5.91 Å². The van der Waals surface area contributed by atoms with Crippen molar-refractivity contribution in [1.29, 1.82) is 0 Å². The second-order valence-corrected chi connectivity index (χ2v) is 6.85. The number of rotatable bonds is 5. The van der Waals surface area contributed by atoms with E-state index in [9.17, 15) is 14.4 Å². The van der Waals surface area contributed by atoms with Gasteiger partial charge >= 0.3 is 5.69 Å². The maximum absolute atomic E-state index is 12.5. The van der Waals surface area contributed by atoms with E-state index in [1.165, 1.54) is 4.57 Å². The quantitative estimate of drug-likeness (QED) is 0.762. The number of carbonyl (C=O) groups excluding carboxylic acids is 1. The highest BCUT2D eigenvalue weighted by Gasteiger charge is 2.18. The van der Waals surface area contributed by atoms with E-state index >= 15 is 0 Å². The van der Waals surface area contributed by atoms with Crippen LogP contribution in [0.2, 0.25) is 0 Å². The molecule has 0 unspecified atom stereocenters. The highest BCUT2D eigenvalue weighted by atomic mass is 32.1. The zero-order chi connectivity index (χ0) is 18.0. The first-order chi connectivity index (χ1) is 12.0. The lowest BCUT2D eigenvalue weighted by molar-refractivity contribution is -0.132. The van der Waals surface area contributed by atoms with Gasteiger partial charge in [-0.15, -0.1) is 11.3 Å². The second-order valence-electron chi connectivity index (χ2n) is 5.87. The summed E-state index contributed by atoms with van der Waals surface area (Å²) in [6.07, 6.45) is 0.183. The van der Waals surface area contributed by atoms with Gasteiger partial charge in [-0.2, -0.15) is 0 Å². The number of aryl methyl sites for hydroxylation is 1. The molecular formula is C18H19N3O3S. The highest BCUT2D eigenvalue weighted by Crippen LogP contribution is 2.23. The van der Waals surface area contributed by atoms with Crippen molar-refractivity contribution in [2.24, 2.45) is 0 Å². The van der Waals surface area contributed by atoms with Gasteiger partial charge in [-0.25, -0.2) is 4.79 Å². The third-order valence-electron chi connectivity index (χ3n) is 4.38. The molecule has 0 bridgehead atoms. The average molecular weight is 357 g/mol. The van der Waals surface area contributed by atoms with Crippen molar-refractivity contribution in [2.45, 2.75) is 25.9 Å². The van der Waals surface area contributed by atoms with E-state index in [0.717, 1.165) is 4.88 Å². The van der Waals surface area contributed by atoms with Crippen LogP contribution in [0.1, 0.15) is 24.3 Å². The summed E-state index contributed by atoms with van der Waals surface area (Å²) >= 11 is 1.61. The van der Waals surface area contributed by atoms with Gasteiger partial charge in [0.05, 0.1) is 16.9 Å². The summed E-state index contributed by atoms with van der Waals surface area (Å²) in [6, 6.07) is 10.8. The van der Waals surface area contributed by atoms with E-state index in [2.05, 4.69) is 4.98 Å². The number of benzene rings is 1. The Balaban J connectivity index is 1.80. The van der Waals surface area contributed by atoms with Crippen LogP contribution in [0.25, 0.3) is 10.9 Å². The minimum absolute atomic E-state index is 0.0171. The van der Waals surface area contributed by atoms with E-state index in [4.69, 9.17) is 0 Å². The Morgan fingerprint density at radius 1 is 1.24 bits per heavy atom. The smallest absolute Gasteiger partial charge is 0.328 e. The summed E-state index contributed by atoms with van der Waals surface area (Å²) in [5.41, 5.74) is -0.366. The van der Waals surface area contributed by atoms with Crippen molar-refractivity contribution in [3.05, 3.63) is 67.5 Å². The van der Waals surface area contributed by atoms with Gasteiger partial charge in [0, 0.05) is 24.9 Å². The molecule has 0 saturated heterocycles. The number of H-pyrrole nitrogens is 1. The molecule has 2 aromatic heterocycles. The van der Waals surface area contributed by atoms with Crippen LogP contribution in [0.4, 0.5) is 0 Å². The standard InChI is InChI=1S/C18H19N3O3S/c1-12(15-8-5-11-25-15)20(2)16(22)9-10-21-14-7-4-3-6-13(14)17(23)19-18(21)24/h3-8,11-12H,9-10H2,1-2H3,(H,19,23,24)/t12-/m0/s1. The molecule has 25 heavy (non-hydrogen) atoms.